The van der Waals surface area contributed by atoms with Gasteiger partial charge in [-0.2, -0.15) is 0 Å². The molecule has 1 amide bonds. The normalized spacial score (nSPS) is 36.2. The Hall–Kier alpha value is -2.11. The van der Waals surface area contributed by atoms with Crippen LogP contribution in [0.25, 0.3) is 0 Å². The van der Waals surface area contributed by atoms with Crippen LogP contribution in [-0.4, -0.2) is 29.6 Å². The van der Waals surface area contributed by atoms with Crippen molar-refractivity contribution in [1.82, 2.24) is 0 Å². The summed E-state index contributed by atoms with van der Waals surface area (Å²) in [6, 6.07) is 6.58. The molecule has 3 aliphatic rings. The number of halogens is 1. The molecule has 0 unspecified atom stereocenters. The fourth-order valence-corrected chi connectivity index (χ4v) is 4.48. The first-order chi connectivity index (χ1) is 11.5. The summed E-state index contributed by atoms with van der Waals surface area (Å²) in [7, 11) is 0. The molecule has 0 aromatic heterocycles. The number of amides is 1. The fourth-order valence-electron chi connectivity index (χ4n) is 4.30. The molecule has 4 rings (SSSR count). The summed E-state index contributed by atoms with van der Waals surface area (Å²) in [6.45, 7) is 3.77. The minimum absolute atomic E-state index is 0.273. The minimum Gasteiger partial charge on any atom is -0.550 e. The van der Waals surface area contributed by atoms with Gasteiger partial charge in [0.05, 0.1) is 18.1 Å². The van der Waals surface area contributed by atoms with Crippen LogP contribution in [0.15, 0.2) is 49.1 Å². The molecule has 1 aromatic rings. The number of nitrogens with zero attached hydrogens (tertiary/aromatic N) is 1. The molecule has 1 spiro atoms. The third-order valence-electron chi connectivity index (χ3n) is 5.17. The van der Waals surface area contributed by atoms with Crippen LogP contribution in [-0.2, 0) is 14.3 Å². The second-order valence-electron chi connectivity index (χ2n) is 6.35. The van der Waals surface area contributed by atoms with E-state index in [2.05, 4.69) is 6.58 Å². The molecular formula is C18H15ClNO4-. The number of hydrogen-bond donors (Lipinski definition) is 0. The zero-order chi connectivity index (χ0) is 17.1. The average Bonchev–Trinajstić information content (AvgIpc) is 3.17. The monoisotopic (exact) mass is 344 g/mol. The zero-order valence-corrected chi connectivity index (χ0v) is 13.5. The SMILES string of the molecule is C=CC[C@H]1N(c2cccc(Cl)c2)C(=O)[C@H]2[C@@H](C(=O)[O-])[C@H]3C=C[C@]21O3. The van der Waals surface area contributed by atoms with Crippen LogP contribution in [0, 0.1) is 11.8 Å². The number of carbonyl (C=O) groups excluding carboxylic acids is 2. The van der Waals surface area contributed by atoms with Gasteiger partial charge in [0.25, 0.3) is 0 Å². The van der Waals surface area contributed by atoms with E-state index < -0.39 is 29.5 Å². The van der Waals surface area contributed by atoms with E-state index in [1.165, 1.54) is 0 Å². The number of benzene rings is 1. The van der Waals surface area contributed by atoms with Gasteiger partial charge in [0.2, 0.25) is 5.91 Å². The first-order valence-corrected chi connectivity index (χ1v) is 8.15. The minimum atomic E-state index is -1.25. The van der Waals surface area contributed by atoms with E-state index in [-0.39, 0.29) is 11.9 Å². The van der Waals surface area contributed by atoms with E-state index in [4.69, 9.17) is 16.3 Å². The summed E-state index contributed by atoms with van der Waals surface area (Å²) in [5, 5.41) is 12.1. The van der Waals surface area contributed by atoms with Crippen molar-refractivity contribution in [1.29, 1.82) is 0 Å². The number of fused-ring (bicyclic) bond motifs is 1. The van der Waals surface area contributed by atoms with Crippen LogP contribution < -0.4 is 10.0 Å². The lowest BCUT2D eigenvalue weighted by molar-refractivity contribution is -0.313. The average molecular weight is 345 g/mol. The molecule has 0 saturated carbocycles. The summed E-state index contributed by atoms with van der Waals surface area (Å²) < 4.78 is 6.00. The van der Waals surface area contributed by atoms with Crippen LogP contribution in [0.4, 0.5) is 5.69 Å². The maximum absolute atomic E-state index is 13.1. The van der Waals surface area contributed by atoms with Gasteiger partial charge in [0, 0.05) is 22.6 Å². The van der Waals surface area contributed by atoms with E-state index in [1.54, 1.807) is 41.3 Å². The van der Waals surface area contributed by atoms with E-state index in [0.717, 1.165) is 0 Å². The van der Waals surface area contributed by atoms with Gasteiger partial charge in [-0.05, 0) is 24.6 Å². The van der Waals surface area contributed by atoms with Crippen LogP contribution in [0.5, 0.6) is 0 Å². The van der Waals surface area contributed by atoms with Crippen molar-refractivity contribution in [2.24, 2.45) is 11.8 Å². The number of carboxylic acids is 1. The number of hydrogen-bond acceptors (Lipinski definition) is 4. The number of ether oxygens (including phenoxy) is 1. The van der Waals surface area contributed by atoms with Crippen LogP contribution in [0.1, 0.15) is 6.42 Å². The second-order valence-corrected chi connectivity index (χ2v) is 6.78. The van der Waals surface area contributed by atoms with Gasteiger partial charge in [-0.1, -0.05) is 35.9 Å². The van der Waals surface area contributed by atoms with Gasteiger partial charge < -0.3 is 19.5 Å². The first kappa shape index (κ1) is 15.4. The van der Waals surface area contributed by atoms with Crippen molar-refractivity contribution in [3.05, 3.63) is 54.1 Å². The Morgan fingerprint density at radius 3 is 2.96 bits per heavy atom. The van der Waals surface area contributed by atoms with Crippen LogP contribution >= 0.6 is 11.6 Å². The van der Waals surface area contributed by atoms with Crippen LogP contribution in [0.3, 0.4) is 0 Å². The molecular weight excluding hydrogens is 330 g/mol. The van der Waals surface area contributed by atoms with Gasteiger partial charge in [-0.15, -0.1) is 6.58 Å². The Morgan fingerprint density at radius 1 is 1.50 bits per heavy atom. The molecule has 2 fully saturated rings. The molecule has 124 valence electrons. The summed E-state index contributed by atoms with van der Waals surface area (Å²) in [5.41, 5.74) is -0.330. The zero-order valence-electron chi connectivity index (χ0n) is 12.7. The molecule has 3 heterocycles. The fraction of sp³-hybridized carbons (Fsp3) is 0.333. The maximum Gasteiger partial charge on any atom is 0.234 e. The predicted octanol–water partition coefficient (Wildman–Crippen LogP) is 1.32. The van der Waals surface area contributed by atoms with Crippen molar-refractivity contribution in [2.45, 2.75) is 24.2 Å². The number of aliphatic carboxylic acids is 1. The Morgan fingerprint density at radius 2 is 2.29 bits per heavy atom. The molecule has 2 bridgehead atoms. The standard InChI is InChI=1S/C18H16ClNO4/c1-2-4-13-18-8-7-12(24-18)14(17(22)23)15(18)16(21)20(13)11-6-3-5-10(19)9-11/h2-3,5-9,12-15H,1,4H2,(H,22,23)/p-1/t12-,13-,14+,15-,18-/m1/s1. The van der Waals surface area contributed by atoms with Crippen molar-refractivity contribution in [2.75, 3.05) is 4.90 Å². The summed E-state index contributed by atoms with van der Waals surface area (Å²) in [6.07, 6.45) is 5.13. The molecule has 5 nitrogen and oxygen atoms in total. The molecule has 5 atom stereocenters. The molecule has 1 aromatic carbocycles. The highest BCUT2D eigenvalue weighted by molar-refractivity contribution is 6.31. The Kier molecular flexibility index (Phi) is 3.34. The Labute approximate surface area is 144 Å². The van der Waals surface area contributed by atoms with Gasteiger partial charge in [-0.25, -0.2) is 0 Å². The third-order valence-corrected chi connectivity index (χ3v) is 5.41. The topological polar surface area (TPSA) is 69.7 Å². The highest BCUT2D eigenvalue weighted by atomic mass is 35.5. The Balaban J connectivity index is 1.85. The second kappa shape index (κ2) is 5.19. The highest BCUT2D eigenvalue weighted by Crippen LogP contribution is 2.56. The van der Waals surface area contributed by atoms with Gasteiger partial charge in [-0.3, -0.25) is 4.79 Å². The number of carbonyl (C=O) groups is 2. The van der Waals surface area contributed by atoms with Gasteiger partial charge in [0.15, 0.2) is 0 Å². The number of anilines is 1. The highest BCUT2D eigenvalue weighted by Gasteiger charge is 2.69. The smallest absolute Gasteiger partial charge is 0.234 e. The summed E-state index contributed by atoms with van der Waals surface area (Å²) >= 11 is 6.06. The number of rotatable bonds is 4. The Bertz CT molecular complexity index is 776. The number of carboxylic acid groups (broad SMARTS) is 1. The molecule has 3 aliphatic heterocycles. The van der Waals surface area contributed by atoms with Gasteiger partial charge in [0.1, 0.15) is 5.60 Å². The predicted molar refractivity (Wildman–Crippen MR) is 86.3 cm³/mol. The largest absolute Gasteiger partial charge is 0.550 e. The molecule has 0 radical (unpaired) electrons. The summed E-state index contributed by atoms with van der Waals surface area (Å²) in [4.78, 5) is 26.3. The third kappa shape index (κ3) is 1.85. The lowest BCUT2D eigenvalue weighted by Crippen LogP contribution is -2.46. The quantitative estimate of drug-likeness (QED) is 0.772. The van der Waals surface area contributed by atoms with E-state index in [1.807, 2.05) is 6.08 Å². The molecule has 0 aliphatic carbocycles. The molecule has 24 heavy (non-hydrogen) atoms. The summed E-state index contributed by atoms with van der Waals surface area (Å²) in [5.74, 6) is -3.29. The van der Waals surface area contributed by atoms with Crippen LogP contribution in [0.2, 0.25) is 5.02 Å². The molecule has 0 N–H and O–H groups in total. The van der Waals surface area contributed by atoms with Gasteiger partial charge >= 0.3 is 0 Å². The van der Waals surface area contributed by atoms with Crippen molar-refractivity contribution in [3.8, 4) is 0 Å². The first-order valence-electron chi connectivity index (χ1n) is 7.77. The molecule has 2 saturated heterocycles. The maximum atomic E-state index is 13.1. The lowest BCUT2D eigenvalue weighted by atomic mass is 9.74. The van der Waals surface area contributed by atoms with E-state index in [9.17, 15) is 14.7 Å². The lowest BCUT2D eigenvalue weighted by Gasteiger charge is -2.32. The molecule has 6 heteroatoms. The van der Waals surface area contributed by atoms with Crippen molar-refractivity contribution >= 4 is 29.2 Å². The van der Waals surface area contributed by atoms with Crippen molar-refractivity contribution in [3.63, 3.8) is 0 Å². The van der Waals surface area contributed by atoms with E-state index in [0.29, 0.717) is 17.1 Å². The van der Waals surface area contributed by atoms with E-state index >= 15 is 0 Å². The van der Waals surface area contributed by atoms with Crippen molar-refractivity contribution < 1.29 is 19.4 Å².